The average molecular weight is 399 g/mol. The lowest BCUT2D eigenvalue weighted by Crippen LogP contribution is -2.34. The minimum Gasteiger partial charge on any atom is -0.483 e. The van der Waals surface area contributed by atoms with Crippen molar-refractivity contribution in [3.8, 4) is 0 Å². The zero-order valence-electron chi connectivity index (χ0n) is 14.8. The Labute approximate surface area is 156 Å². The molecule has 0 fully saturated rings. The zero-order valence-corrected chi connectivity index (χ0v) is 15.6. The summed E-state index contributed by atoms with van der Waals surface area (Å²) >= 11 is 0. The van der Waals surface area contributed by atoms with E-state index in [2.05, 4.69) is 15.2 Å². The van der Waals surface area contributed by atoms with Crippen LogP contribution in [0.25, 0.3) is 0 Å². The van der Waals surface area contributed by atoms with Gasteiger partial charge in [-0.1, -0.05) is 23.4 Å². The Morgan fingerprint density at radius 3 is 2.74 bits per heavy atom. The fourth-order valence-electron chi connectivity index (χ4n) is 2.87. The van der Waals surface area contributed by atoms with Crippen LogP contribution in [0.3, 0.4) is 0 Å². The molecule has 8 nitrogen and oxygen atoms in total. The molecular formula is C17H22FN3O5S. The summed E-state index contributed by atoms with van der Waals surface area (Å²) in [6.45, 7) is 0.326. The van der Waals surface area contributed by atoms with E-state index >= 15 is 0 Å². The van der Waals surface area contributed by atoms with E-state index in [1.165, 1.54) is 6.07 Å². The van der Waals surface area contributed by atoms with Crippen LogP contribution in [0.15, 0.2) is 28.8 Å². The van der Waals surface area contributed by atoms with Crippen LogP contribution >= 0.6 is 0 Å². The molecule has 0 spiro atoms. The molecule has 1 unspecified atom stereocenters. The van der Waals surface area contributed by atoms with Gasteiger partial charge in [0, 0.05) is 30.1 Å². The lowest BCUT2D eigenvalue weighted by molar-refractivity contribution is -0.122. The molecule has 0 amide bonds. The van der Waals surface area contributed by atoms with Crippen LogP contribution in [-0.4, -0.2) is 37.5 Å². The Bertz CT molecular complexity index is 869. The second kappa shape index (κ2) is 9.58. The molecule has 1 heterocycles. The Morgan fingerprint density at radius 2 is 2.07 bits per heavy atom. The normalized spacial score (nSPS) is 16.1. The van der Waals surface area contributed by atoms with Gasteiger partial charge in [0.15, 0.2) is 0 Å². The summed E-state index contributed by atoms with van der Waals surface area (Å²) in [7, 11) is -3.28. The number of aryl methyl sites for hydroxylation is 1. The largest absolute Gasteiger partial charge is 0.483 e. The van der Waals surface area contributed by atoms with Crippen molar-refractivity contribution in [3.63, 3.8) is 0 Å². The van der Waals surface area contributed by atoms with E-state index in [9.17, 15) is 12.8 Å². The summed E-state index contributed by atoms with van der Waals surface area (Å²) in [5, 5.41) is 14.2. The molecule has 2 aromatic rings. The molecule has 1 aliphatic carbocycles. The molecule has 0 saturated heterocycles. The van der Waals surface area contributed by atoms with Gasteiger partial charge in [-0.25, -0.2) is 17.5 Å². The lowest BCUT2D eigenvalue weighted by atomic mass is 9.92. The van der Waals surface area contributed by atoms with Gasteiger partial charge in [0.1, 0.15) is 17.3 Å². The predicted molar refractivity (Wildman–Crippen MR) is 95.9 cm³/mol. The highest BCUT2D eigenvalue weighted by molar-refractivity contribution is 7.88. The Kier molecular flexibility index (Phi) is 7.45. The third-order valence-electron chi connectivity index (χ3n) is 4.16. The van der Waals surface area contributed by atoms with Crippen molar-refractivity contribution in [2.45, 2.75) is 38.4 Å². The number of sulfonamides is 1. The van der Waals surface area contributed by atoms with Gasteiger partial charge in [-0.2, -0.15) is 0 Å². The summed E-state index contributed by atoms with van der Waals surface area (Å²) in [6, 6.07) is 6.87. The van der Waals surface area contributed by atoms with Gasteiger partial charge >= 0.3 is 0 Å². The van der Waals surface area contributed by atoms with Crippen LogP contribution in [0, 0.1) is 5.82 Å². The standard InChI is InChI=1S/C16H20FN3O3S.CH2O2/c1-24(21,22)19-10-15-13-8-12(6-7-16(13)23-20-15)18-9-11-4-2-3-5-14(11)17;2-1-3/h2-5,12,18-19H,6-10H2,1H3;1H,(H,2,3). The van der Waals surface area contributed by atoms with Gasteiger partial charge in [-0.05, 0) is 18.9 Å². The van der Waals surface area contributed by atoms with E-state index in [0.29, 0.717) is 24.2 Å². The van der Waals surface area contributed by atoms with E-state index in [-0.39, 0.29) is 24.9 Å². The van der Waals surface area contributed by atoms with Crippen molar-refractivity contribution >= 4 is 16.5 Å². The van der Waals surface area contributed by atoms with Crippen molar-refractivity contribution in [1.82, 2.24) is 15.2 Å². The number of aromatic nitrogens is 1. The van der Waals surface area contributed by atoms with Crippen LogP contribution in [0.4, 0.5) is 4.39 Å². The second-order valence-electron chi connectivity index (χ2n) is 6.14. The number of fused-ring (bicyclic) bond motifs is 1. The van der Waals surface area contributed by atoms with Crippen molar-refractivity contribution in [1.29, 1.82) is 0 Å². The minimum absolute atomic E-state index is 0.123. The monoisotopic (exact) mass is 399 g/mol. The molecule has 0 saturated carbocycles. The molecule has 1 atom stereocenters. The number of halogens is 1. The number of rotatable bonds is 6. The maximum Gasteiger partial charge on any atom is 0.290 e. The molecule has 0 bridgehead atoms. The van der Waals surface area contributed by atoms with Gasteiger partial charge in [0.25, 0.3) is 6.47 Å². The molecule has 27 heavy (non-hydrogen) atoms. The van der Waals surface area contributed by atoms with Crippen molar-refractivity contribution in [2.75, 3.05) is 6.26 Å². The molecule has 1 aromatic carbocycles. The maximum absolute atomic E-state index is 13.7. The smallest absolute Gasteiger partial charge is 0.290 e. The highest BCUT2D eigenvalue weighted by Gasteiger charge is 2.25. The number of nitrogens with zero attached hydrogens (tertiary/aromatic N) is 1. The number of carbonyl (C=O) groups is 1. The van der Waals surface area contributed by atoms with Crippen molar-refractivity contribution in [3.05, 3.63) is 52.7 Å². The van der Waals surface area contributed by atoms with Gasteiger partial charge in [-0.15, -0.1) is 0 Å². The van der Waals surface area contributed by atoms with Gasteiger partial charge < -0.3 is 14.9 Å². The number of hydrogen-bond acceptors (Lipinski definition) is 6. The molecular weight excluding hydrogens is 377 g/mol. The van der Waals surface area contributed by atoms with E-state index in [1.807, 2.05) is 6.07 Å². The van der Waals surface area contributed by atoms with Crippen LogP contribution < -0.4 is 10.0 Å². The first-order chi connectivity index (χ1) is 12.8. The third kappa shape index (κ3) is 6.42. The molecule has 0 radical (unpaired) electrons. The van der Waals surface area contributed by atoms with Crippen LogP contribution in [0.1, 0.15) is 29.0 Å². The zero-order chi connectivity index (χ0) is 19.9. The SMILES string of the molecule is CS(=O)(=O)NCc1noc2c1CC(NCc1ccccc1F)CC2.O=CO. The fourth-order valence-corrected chi connectivity index (χ4v) is 3.27. The van der Waals surface area contributed by atoms with E-state index in [1.54, 1.807) is 12.1 Å². The molecule has 3 rings (SSSR count). The minimum atomic E-state index is -3.28. The fraction of sp³-hybridized carbons (Fsp3) is 0.412. The van der Waals surface area contributed by atoms with Gasteiger partial charge in [-0.3, -0.25) is 4.79 Å². The maximum atomic E-state index is 13.7. The summed E-state index contributed by atoms with van der Waals surface area (Å²) in [5.41, 5.74) is 2.20. The highest BCUT2D eigenvalue weighted by Crippen LogP contribution is 2.25. The first-order valence-electron chi connectivity index (χ1n) is 8.29. The van der Waals surface area contributed by atoms with E-state index < -0.39 is 10.0 Å². The Hall–Kier alpha value is -2.30. The summed E-state index contributed by atoms with van der Waals surface area (Å²) in [5.74, 6) is 0.591. The highest BCUT2D eigenvalue weighted by atomic mass is 32.2. The average Bonchev–Trinajstić information content (AvgIpc) is 3.02. The summed E-state index contributed by atoms with van der Waals surface area (Å²) in [4.78, 5) is 8.36. The quantitative estimate of drug-likeness (QED) is 0.624. The predicted octanol–water partition coefficient (Wildman–Crippen LogP) is 1.21. The van der Waals surface area contributed by atoms with E-state index in [0.717, 1.165) is 30.4 Å². The number of carboxylic acid groups (broad SMARTS) is 1. The van der Waals surface area contributed by atoms with Gasteiger partial charge in [0.05, 0.1) is 12.8 Å². The lowest BCUT2D eigenvalue weighted by Gasteiger charge is -2.23. The molecule has 148 valence electrons. The topological polar surface area (TPSA) is 122 Å². The van der Waals surface area contributed by atoms with Gasteiger partial charge in [0.2, 0.25) is 10.0 Å². The molecule has 1 aliphatic rings. The summed E-state index contributed by atoms with van der Waals surface area (Å²) < 4.78 is 43.9. The van der Waals surface area contributed by atoms with Crippen LogP contribution in [0.5, 0.6) is 0 Å². The van der Waals surface area contributed by atoms with Crippen molar-refractivity contribution < 1.29 is 27.2 Å². The van der Waals surface area contributed by atoms with E-state index in [4.69, 9.17) is 14.4 Å². The molecule has 3 N–H and O–H groups in total. The van der Waals surface area contributed by atoms with Crippen molar-refractivity contribution in [2.24, 2.45) is 0 Å². The first kappa shape index (κ1) is 21.0. The molecule has 0 aliphatic heterocycles. The number of nitrogens with one attached hydrogen (secondary N) is 2. The first-order valence-corrected chi connectivity index (χ1v) is 10.2. The molecule has 1 aromatic heterocycles. The third-order valence-corrected chi connectivity index (χ3v) is 4.83. The Balaban J connectivity index is 0.000000817. The molecule has 10 heteroatoms. The van der Waals surface area contributed by atoms with Crippen LogP contribution in [-0.2, 0) is 40.7 Å². The summed E-state index contributed by atoms with van der Waals surface area (Å²) in [6.07, 6.45) is 3.40. The number of benzene rings is 1. The number of hydrogen-bond donors (Lipinski definition) is 3. The van der Waals surface area contributed by atoms with Crippen LogP contribution in [0.2, 0.25) is 0 Å². The second-order valence-corrected chi connectivity index (χ2v) is 7.97. The Morgan fingerprint density at radius 1 is 1.37 bits per heavy atom.